The number of fused-ring (bicyclic) bond motifs is 1. The zero-order valence-electron chi connectivity index (χ0n) is 7.95. The van der Waals surface area contributed by atoms with Crippen LogP contribution >= 0.6 is 0 Å². The second-order valence-corrected chi connectivity index (χ2v) is 3.37. The number of carbonyl (C=O) groups is 1. The van der Waals surface area contributed by atoms with Gasteiger partial charge in [-0.05, 0) is 24.6 Å². The largest absolute Gasteiger partial charge is 0.361 e. The molecule has 3 nitrogen and oxygen atoms in total. The Kier molecular flexibility index (Phi) is 2.09. The molecule has 1 aromatic heterocycles. The van der Waals surface area contributed by atoms with E-state index in [0.29, 0.717) is 0 Å². The summed E-state index contributed by atoms with van der Waals surface area (Å²) < 4.78 is 0. The maximum atomic E-state index is 11.2. The Bertz CT molecular complexity index is 473. The SMILES string of the molecule is CC(=O)C(N)c1cccc2[nH]ccc12. The fourth-order valence-corrected chi connectivity index (χ4v) is 1.60. The molecule has 0 amide bonds. The lowest BCUT2D eigenvalue weighted by Crippen LogP contribution is -2.18. The second-order valence-electron chi connectivity index (χ2n) is 3.37. The highest BCUT2D eigenvalue weighted by molar-refractivity contribution is 5.91. The van der Waals surface area contributed by atoms with E-state index >= 15 is 0 Å². The molecule has 3 N–H and O–H groups in total. The predicted molar refractivity (Wildman–Crippen MR) is 55.9 cm³/mol. The molecule has 3 heteroatoms. The van der Waals surface area contributed by atoms with Crippen molar-refractivity contribution in [3.8, 4) is 0 Å². The average Bonchev–Trinajstić information content (AvgIpc) is 2.63. The molecule has 1 heterocycles. The van der Waals surface area contributed by atoms with Crippen molar-refractivity contribution in [3.63, 3.8) is 0 Å². The van der Waals surface area contributed by atoms with Crippen molar-refractivity contribution < 1.29 is 4.79 Å². The van der Waals surface area contributed by atoms with Crippen LogP contribution < -0.4 is 5.73 Å². The van der Waals surface area contributed by atoms with Crippen LogP contribution in [0.3, 0.4) is 0 Å². The van der Waals surface area contributed by atoms with Gasteiger partial charge in [-0.15, -0.1) is 0 Å². The second kappa shape index (κ2) is 3.27. The number of nitrogens with one attached hydrogen (secondary N) is 1. The summed E-state index contributed by atoms with van der Waals surface area (Å²) in [5, 5.41) is 1.02. The van der Waals surface area contributed by atoms with Crippen LogP contribution in [0.4, 0.5) is 0 Å². The minimum atomic E-state index is -0.519. The number of nitrogens with two attached hydrogens (primary N) is 1. The van der Waals surface area contributed by atoms with Gasteiger partial charge in [-0.2, -0.15) is 0 Å². The van der Waals surface area contributed by atoms with Crippen molar-refractivity contribution in [2.24, 2.45) is 5.73 Å². The molecule has 0 fully saturated rings. The summed E-state index contributed by atoms with van der Waals surface area (Å²) in [7, 11) is 0. The lowest BCUT2D eigenvalue weighted by atomic mass is 10.0. The van der Waals surface area contributed by atoms with E-state index in [1.54, 1.807) is 0 Å². The molecule has 0 aliphatic carbocycles. The van der Waals surface area contributed by atoms with Gasteiger partial charge in [0.15, 0.2) is 5.78 Å². The van der Waals surface area contributed by atoms with E-state index in [0.717, 1.165) is 16.5 Å². The van der Waals surface area contributed by atoms with E-state index < -0.39 is 6.04 Å². The van der Waals surface area contributed by atoms with E-state index in [-0.39, 0.29) is 5.78 Å². The number of ketones is 1. The molecule has 0 saturated carbocycles. The van der Waals surface area contributed by atoms with Crippen molar-refractivity contribution >= 4 is 16.7 Å². The zero-order chi connectivity index (χ0) is 10.1. The Morgan fingerprint density at radius 2 is 2.21 bits per heavy atom. The predicted octanol–water partition coefficient (Wildman–Crippen LogP) is 1.76. The van der Waals surface area contributed by atoms with E-state index in [9.17, 15) is 4.79 Å². The van der Waals surface area contributed by atoms with Crippen LogP contribution in [-0.4, -0.2) is 10.8 Å². The normalized spacial score (nSPS) is 13.0. The molecule has 72 valence electrons. The number of aromatic nitrogens is 1. The van der Waals surface area contributed by atoms with Crippen molar-refractivity contribution in [3.05, 3.63) is 36.0 Å². The molecule has 0 saturated heterocycles. The van der Waals surface area contributed by atoms with Crippen LogP contribution in [0, 0.1) is 0 Å². The lowest BCUT2D eigenvalue weighted by Gasteiger charge is -2.09. The Balaban J connectivity index is 2.61. The van der Waals surface area contributed by atoms with Gasteiger partial charge < -0.3 is 10.7 Å². The summed E-state index contributed by atoms with van der Waals surface area (Å²) in [6, 6.07) is 7.17. The quantitative estimate of drug-likeness (QED) is 0.754. The summed E-state index contributed by atoms with van der Waals surface area (Å²) in [6.45, 7) is 1.51. The third-order valence-corrected chi connectivity index (χ3v) is 2.40. The smallest absolute Gasteiger partial charge is 0.151 e. The fraction of sp³-hybridized carbons (Fsp3) is 0.182. The first-order valence-electron chi connectivity index (χ1n) is 4.52. The van der Waals surface area contributed by atoms with Gasteiger partial charge in [0.05, 0.1) is 6.04 Å². The zero-order valence-corrected chi connectivity index (χ0v) is 7.95. The topological polar surface area (TPSA) is 58.9 Å². The van der Waals surface area contributed by atoms with Gasteiger partial charge in [0, 0.05) is 17.1 Å². The molecule has 2 aromatic rings. The Hall–Kier alpha value is -1.61. The highest BCUT2D eigenvalue weighted by Gasteiger charge is 2.13. The molecule has 1 atom stereocenters. The third-order valence-electron chi connectivity index (χ3n) is 2.40. The molecule has 1 unspecified atom stereocenters. The van der Waals surface area contributed by atoms with Gasteiger partial charge in [0.1, 0.15) is 0 Å². The van der Waals surface area contributed by atoms with Gasteiger partial charge >= 0.3 is 0 Å². The van der Waals surface area contributed by atoms with Gasteiger partial charge in [0.25, 0.3) is 0 Å². The molecule has 0 radical (unpaired) electrons. The first kappa shape index (κ1) is 8.97. The summed E-state index contributed by atoms with van der Waals surface area (Å²) in [4.78, 5) is 14.3. The highest BCUT2D eigenvalue weighted by atomic mass is 16.1. The average molecular weight is 188 g/mol. The van der Waals surface area contributed by atoms with Crippen LogP contribution in [0.2, 0.25) is 0 Å². The van der Waals surface area contributed by atoms with Gasteiger partial charge in [-0.1, -0.05) is 12.1 Å². The minimum Gasteiger partial charge on any atom is -0.361 e. The molecule has 1 aromatic carbocycles. The van der Waals surface area contributed by atoms with E-state index in [4.69, 9.17) is 5.73 Å². The van der Waals surface area contributed by atoms with E-state index in [1.165, 1.54) is 6.92 Å². The molecular formula is C11H12N2O. The summed E-state index contributed by atoms with van der Waals surface area (Å²) in [6.07, 6.45) is 1.85. The number of hydrogen-bond donors (Lipinski definition) is 2. The molecule has 2 rings (SSSR count). The van der Waals surface area contributed by atoms with Crippen LogP contribution in [-0.2, 0) is 4.79 Å². The minimum absolute atomic E-state index is 0.0151. The van der Waals surface area contributed by atoms with Crippen LogP contribution in [0.25, 0.3) is 10.9 Å². The number of Topliss-reactive ketones (excluding diaryl/α,β-unsaturated/α-hetero) is 1. The molecule has 0 aliphatic heterocycles. The maximum absolute atomic E-state index is 11.2. The number of benzene rings is 1. The first-order valence-corrected chi connectivity index (χ1v) is 4.52. The highest BCUT2D eigenvalue weighted by Crippen LogP contribution is 2.22. The fourth-order valence-electron chi connectivity index (χ4n) is 1.60. The number of hydrogen-bond acceptors (Lipinski definition) is 2. The van der Waals surface area contributed by atoms with Crippen molar-refractivity contribution in [1.29, 1.82) is 0 Å². The van der Waals surface area contributed by atoms with Gasteiger partial charge in [-0.3, -0.25) is 4.79 Å². The summed E-state index contributed by atoms with van der Waals surface area (Å²) in [5.74, 6) is -0.0151. The Labute approximate surface area is 81.9 Å². The van der Waals surface area contributed by atoms with Crippen LogP contribution in [0.1, 0.15) is 18.5 Å². The molecule has 14 heavy (non-hydrogen) atoms. The summed E-state index contributed by atoms with van der Waals surface area (Å²) >= 11 is 0. The number of H-pyrrole nitrogens is 1. The molecular weight excluding hydrogens is 176 g/mol. The standard InChI is InChI=1S/C11H12N2O/c1-7(14)11(12)9-3-2-4-10-8(9)5-6-13-10/h2-6,11,13H,12H2,1H3. The molecule has 0 spiro atoms. The van der Waals surface area contributed by atoms with Crippen molar-refractivity contribution in [2.45, 2.75) is 13.0 Å². The lowest BCUT2D eigenvalue weighted by molar-refractivity contribution is -0.118. The van der Waals surface area contributed by atoms with E-state index in [2.05, 4.69) is 4.98 Å². The maximum Gasteiger partial charge on any atom is 0.151 e. The third kappa shape index (κ3) is 1.32. The van der Waals surface area contributed by atoms with Gasteiger partial charge in [-0.25, -0.2) is 0 Å². The number of aromatic amines is 1. The summed E-state index contributed by atoms with van der Waals surface area (Å²) in [5.41, 5.74) is 7.70. The van der Waals surface area contributed by atoms with E-state index in [1.807, 2.05) is 30.5 Å². The first-order chi connectivity index (χ1) is 6.70. The van der Waals surface area contributed by atoms with Crippen LogP contribution in [0.5, 0.6) is 0 Å². The number of rotatable bonds is 2. The van der Waals surface area contributed by atoms with Crippen LogP contribution in [0.15, 0.2) is 30.5 Å². The Morgan fingerprint density at radius 1 is 1.43 bits per heavy atom. The molecule has 0 aliphatic rings. The van der Waals surface area contributed by atoms with Crippen molar-refractivity contribution in [2.75, 3.05) is 0 Å². The number of carbonyl (C=O) groups excluding carboxylic acids is 1. The van der Waals surface area contributed by atoms with Gasteiger partial charge in [0.2, 0.25) is 0 Å². The monoisotopic (exact) mass is 188 g/mol. The molecule has 0 bridgehead atoms. The Morgan fingerprint density at radius 3 is 2.93 bits per heavy atom. The van der Waals surface area contributed by atoms with Crippen molar-refractivity contribution in [1.82, 2.24) is 4.98 Å².